The topological polar surface area (TPSA) is 70.6 Å². The van der Waals surface area contributed by atoms with Gasteiger partial charge in [0, 0.05) is 22.2 Å². The zero-order chi connectivity index (χ0) is 17.5. The van der Waals surface area contributed by atoms with Crippen molar-refractivity contribution < 1.29 is 14.0 Å². The average Bonchev–Trinajstić information content (AvgIpc) is 2.55. The van der Waals surface area contributed by atoms with Gasteiger partial charge in [0.2, 0.25) is 0 Å². The first-order chi connectivity index (χ1) is 11.5. The van der Waals surface area contributed by atoms with Crippen LogP contribution in [0.2, 0.25) is 10.0 Å². The fourth-order valence-electron chi connectivity index (χ4n) is 1.71. The number of hydrazone groups is 1. The van der Waals surface area contributed by atoms with Crippen LogP contribution in [0, 0.1) is 5.82 Å². The first kappa shape index (κ1) is 17.9. The Kier molecular flexibility index (Phi) is 6.28. The fourth-order valence-corrected chi connectivity index (χ4v) is 2.19. The number of halogens is 3. The van der Waals surface area contributed by atoms with Crippen molar-refractivity contribution in [3.8, 4) is 0 Å². The molecule has 0 heterocycles. The number of carbonyl (C=O) groups excluding carboxylic acids is 2. The molecule has 0 aliphatic heterocycles. The number of amides is 2. The number of nitrogens with zero attached hydrogens (tertiary/aromatic N) is 1. The van der Waals surface area contributed by atoms with Crippen LogP contribution in [0.1, 0.15) is 11.1 Å². The summed E-state index contributed by atoms with van der Waals surface area (Å²) in [6.45, 7) is 0.0548. The van der Waals surface area contributed by atoms with E-state index in [-0.39, 0.29) is 12.1 Å². The third kappa shape index (κ3) is 5.04. The van der Waals surface area contributed by atoms with Crippen LogP contribution in [0.5, 0.6) is 0 Å². The molecule has 0 aromatic heterocycles. The lowest BCUT2D eigenvalue weighted by Crippen LogP contribution is -2.37. The minimum atomic E-state index is -0.979. The molecule has 2 aromatic rings. The lowest BCUT2D eigenvalue weighted by Gasteiger charge is -2.06. The highest BCUT2D eigenvalue weighted by Gasteiger charge is 2.13. The molecule has 0 atom stereocenters. The molecule has 0 saturated heterocycles. The van der Waals surface area contributed by atoms with Crippen LogP contribution >= 0.6 is 23.2 Å². The first-order valence-electron chi connectivity index (χ1n) is 6.77. The third-order valence-electron chi connectivity index (χ3n) is 2.94. The number of benzene rings is 2. The average molecular weight is 368 g/mol. The second-order valence-electron chi connectivity index (χ2n) is 4.64. The fraction of sp³-hybridized carbons (Fsp3) is 0.0625. The molecule has 0 aliphatic rings. The molecule has 0 aliphatic carbocycles. The van der Waals surface area contributed by atoms with Gasteiger partial charge in [-0.1, -0.05) is 47.5 Å². The van der Waals surface area contributed by atoms with E-state index in [4.69, 9.17) is 23.2 Å². The molecule has 0 radical (unpaired) electrons. The third-order valence-corrected chi connectivity index (χ3v) is 3.52. The highest BCUT2D eigenvalue weighted by molar-refractivity contribution is 6.36. The van der Waals surface area contributed by atoms with Gasteiger partial charge in [0.25, 0.3) is 0 Å². The van der Waals surface area contributed by atoms with Gasteiger partial charge in [0.15, 0.2) is 0 Å². The smallest absolute Gasteiger partial charge is 0.329 e. The summed E-state index contributed by atoms with van der Waals surface area (Å²) in [4.78, 5) is 23.3. The standard InChI is InChI=1S/C16H12Cl2FN3O2/c17-12-6-5-10(13(18)7-12)8-20-15(23)16(24)22-21-9-11-3-1-2-4-14(11)19/h1-7,9H,8H2,(H,20,23)(H,22,24)/b21-9-. The zero-order valence-electron chi connectivity index (χ0n) is 12.2. The number of rotatable bonds is 4. The van der Waals surface area contributed by atoms with Crippen molar-refractivity contribution in [2.75, 3.05) is 0 Å². The van der Waals surface area contributed by atoms with Crippen LogP contribution in [-0.4, -0.2) is 18.0 Å². The minimum absolute atomic E-state index is 0.0548. The monoisotopic (exact) mass is 367 g/mol. The lowest BCUT2D eigenvalue weighted by atomic mass is 10.2. The summed E-state index contributed by atoms with van der Waals surface area (Å²) in [7, 11) is 0. The van der Waals surface area contributed by atoms with E-state index in [1.807, 2.05) is 5.43 Å². The van der Waals surface area contributed by atoms with Crippen LogP contribution < -0.4 is 10.7 Å². The van der Waals surface area contributed by atoms with Crippen LogP contribution in [-0.2, 0) is 16.1 Å². The summed E-state index contributed by atoms with van der Waals surface area (Å²) in [6.07, 6.45) is 1.11. The van der Waals surface area contributed by atoms with E-state index >= 15 is 0 Å². The molecular weight excluding hydrogens is 356 g/mol. The van der Waals surface area contributed by atoms with E-state index in [0.717, 1.165) is 6.21 Å². The van der Waals surface area contributed by atoms with Gasteiger partial charge < -0.3 is 5.32 Å². The van der Waals surface area contributed by atoms with Crippen molar-refractivity contribution in [1.82, 2.24) is 10.7 Å². The number of hydrogen-bond acceptors (Lipinski definition) is 3. The van der Waals surface area contributed by atoms with E-state index in [2.05, 4.69) is 10.4 Å². The molecule has 2 N–H and O–H groups in total. The number of carbonyl (C=O) groups is 2. The molecular formula is C16H12Cl2FN3O2. The van der Waals surface area contributed by atoms with Crippen LogP contribution in [0.25, 0.3) is 0 Å². The summed E-state index contributed by atoms with van der Waals surface area (Å²) in [6, 6.07) is 10.7. The second kappa shape index (κ2) is 8.42. The summed E-state index contributed by atoms with van der Waals surface area (Å²) in [5.74, 6) is -2.36. The quantitative estimate of drug-likeness (QED) is 0.495. The van der Waals surface area contributed by atoms with Gasteiger partial charge in [-0.2, -0.15) is 5.10 Å². The summed E-state index contributed by atoms with van der Waals surface area (Å²) >= 11 is 11.7. The maximum Gasteiger partial charge on any atom is 0.329 e. The van der Waals surface area contributed by atoms with Crippen LogP contribution in [0.4, 0.5) is 4.39 Å². The second-order valence-corrected chi connectivity index (χ2v) is 5.48. The molecule has 0 unspecified atom stereocenters. The molecule has 0 fully saturated rings. The maximum atomic E-state index is 13.3. The highest BCUT2D eigenvalue weighted by Crippen LogP contribution is 2.20. The number of nitrogens with one attached hydrogen (secondary N) is 2. The Morgan fingerprint density at radius 1 is 1.12 bits per heavy atom. The Bertz CT molecular complexity index is 797. The van der Waals surface area contributed by atoms with Gasteiger partial charge in [-0.05, 0) is 23.8 Å². The van der Waals surface area contributed by atoms with Crippen LogP contribution in [0.3, 0.4) is 0 Å². The molecule has 0 spiro atoms. The van der Waals surface area contributed by atoms with E-state index in [1.165, 1.54) is 24.3 Å². The molecule has 5 nitrogen and oxygen atoms in total. The Balaban J connectivity index is 1.86. The molecule has 8 heteroatoms. The van der Waals surface area contributed by atoms with Crippen molar-refractivity contribution in [2.24, 2.45) is 5.10 Å². The van der Waals surface area contributed by atoms with Gasteiger partial charge in [-0.3, -0.25) is 9.59 Å². The normalized spacial score (nSPS) is 10.6. The minimum Gasteiger partial charge on any atom is -0.344 e. The molecule has 0 saturated carbocycles. The lowest BCUT2D eigenvalue weighted by molar-refractivity contribution is -0.139. The highest BCUT2D eigenvalue weighted by atomic mass is 35.5. The van der Waals surface area contributed by atoms with Crippen molar-refractivity contribution in [2.45, 2.75) is 6.54 Å². The Hall–Kier alpha value is -2.44. The molecule has 24 heavy (non-hydrogen) atoms. The van der Waals surface area contributed by atoms with Crippen molar-refractivity contribution in [3.63, 3.8) is 0 Å². The molecule has 0 bridgehead atoms. The predicted molar refractivity (Wildman–Crippen MR) is 90.4 cm³/mol. The van der Waals surface area contributed by atoms with Crippen molar-refractivity contribution >= 4 is 41.2 Å². The largest absolute Gasteiger partial charge is 0.344 e. The van der Waals surface area contributed by atoms with Crippen molar-refractivity contribution in [3.05, 3.63) is 69.5 Å². The first-order valence-corrected chi connectivity index (χ1v) is 7.52. The predicted octanol–water partition coefficient (Wildman–Crippen LogP) is 2.90. The van der Waals surface area contributed by atoms with Gasteiger partial charge in [-0.25, -0.2) is 9.82 Å². The van der Waals surface area contributed by atoms with Gasteiger partial charge in [-0.15, -0.1) is 0 Å². The maximum absolute atomic E-state index is 13.3. The van der Waals surface area contributed by atoms with E-state index in [0.29, 0.717) is 15.6 Å². The SMILES string of the molecule is O=C(NCc1ccc(Cl)cc1Cl)C(=O)N/N=C\c1ccccc1F. The molecule has 124 valence electrons. The zero-order valence-corrected chi connectivity index (χ0v) is 13.7. The van der Waals surface area contributed by atoms with E-state index in [9.17, 15) is 14.0 Å². The van der Waals surface area contributed by atoms with Crippen molar-refractivity contribution in [1.29, 1.82) is 0 Å². The Morgan fingerprint density at radius 3 is 2.58 bits per heavy atom. The molecule has 2 aromatic carbocycles. The van der Waals surface area contributed by atoms with Gasteiger partial charge >= 0.3 is 11.8 Å². The summed E-state index contributed by atoms with van der Waals surface area (Å²) in [5, 5.41) is 6.77. The molecule has 2 amide bonds. The molecule has 2 rings (SSSR count). The number of hydrogen-bond donors (Lipinski definition) is 2. The van der Waals surface area contributed by atoms with Gasteiger partial charge in [0.1, 0.15) is 5.82 Å². The Morgan fingerprint density at radius 2 is 1.88 bits per heavy atom. The summed E-state index contributed by atoms with van der Waals surface area (Å²) < 4.78 is 13.3. The van der Waals surface area contributed by atoms with Gasteiger partial charge in [0.05, 0.1) is 6.21 Å². The Labute approximate surface area is 147 Å². The van der Waals surface area contributed by atoms with E-state index < -0.39 is 17.6 Å². The van der Waals surface area contributed by atoms with E-state index in [1.54, 1.807) is 18.2 Å². The van der Waals surface area contributed by atoms with Crippen LogP contribution in [0.15, 0.2) is 47.6 Å². The summed E-state index contributed by atoms with van der Waals surface area (Å²) in [5.41, 5.74) is 2.81.